The molecule has 1 aliphatic rings. The van der Waals surface area contributed by atoms with E-state index in [-0.39, 0.29) is 6.61 Å². The van der Waals surface area contributed by atoms with E-state index in [9.17, 15) is 0 Å². The molecule has 3 rings (SSSR count). The number of hydrogen-bond donors (Lipinski definition) is 1. The van der Waals surface area contributed by atoms with Crippen molar-refractivity contribution in [1.82, 2.24) is 9.97 Å². The highest BCUT2D eigenvalue weighted by molar-refractivity contribution is 5.40. The summed E-state index contributed by atoms with van der Waals surface area (Å²) < 4.78 is 5.94. The Bertz CT molecular complexity index is 584. The lowest BCUT2D eigenvalue weighted by atomic mass is 10.1. The lowest BCUT2D eigenvalue weighted by Crippen LogP contribution is -2.00. The second kappa shape index (κ2) is 5.36. The summed E-state index contributed by atoms with van der Waals surface area (Å²) in [6.45, 7) is 0.113. The number of rotatable bonds is 4. The zero-order chi connectivity index (χ0) is 13.1. The van der Waals surface area contributed by atoms with Gasteiger partial charge in [-0.05, 0) is 37.3 Å². The Morgan fingerprint density at radius 2 is 2.05 bits per heavy atom. The number of aryl methyl sites for hydroxylation is 1. The highest BCUT2D eigenvalue weighted by atomic mass is 16.5. The molecule has 0 amide bonds. The molecule has 19 heavy (non-hydrogen) atoms. The van der Waals surface area contributed by atoms with E-state index in [0.29, 0.717) is 12.3 Å². The molecule has 0 spiro atoms. The van der Waals surface area contributed by atoms with Gasteiger partial charge in [-0.2, -0.15) is 0 Å². The monoisotopic (exact) mass is 256 g/mol. The van der Waals surface area contributed by atoms with E-state index in [1.54, 1.807) is 6.33 Å². The number of ether oxygens (including phenoxy) is 1. The summed E-state index contributed by atoms with van der Waals surface area (Å²) in [7, 11) is 0. The van der Waals surface area contributed by atoms with E-state index in [4.69, 9.17) is 9.84 Å². The van der Waals surface area contributed by atoms with E-state index in [2.05, 4.69) is 9.97 Å². The zero-order valence-electron chi connectivity index (χ0n) is 10.7. The van der Waals surface area contributed by atoms with Gasteiger partial charge in [0.25, 0.3) is 0 Å². The smallest absolute Gasteiger partial charge is 0.225 e. The van der Waals surface area contributed by atoms with Crippen LogP contribution in [0.4, 0.5) is 0 Å². The van der Waals surface area contributed by atoms with Gasteiger partial charge < -0.3 is 9.84 Å². The second-order valence-corrected chi connectivity index (χ2v) is 4.64. The lowest BCUT2D eigenvalue weighted by molar-refractivity contribution is 0.297. The van der Waals surface area contributed by atoms with E-state index in [1.807, 2.05) is 24.3 Å². The van der Waals surface area contributed by atoms with Crippen molar-refractivity contribution in [3.8, 4) is 11.6 Å². The van der Waals surface area contributed by atoms with Crippen LogP contribution in [0.15, 0.2) is 30.6 Å². The first-order chi connectivity index (χ1) is 9.38. The molecular formula is C15H16N2O2. The average Bonchev–Trinajstić information content (AvgIpc) is 2.91. The van der Waals surface area contributed by atoms with Gasteiger partial charge >= 0.3 is 0 Å². The predicted molar refractivity (Wildman–Crippen MR) is 71.4 cm³/mol. The number of para-hydroxylation sites is 1. The molecule has 0 atom stereocenters. The molecule has 0 saturated heterocycles. The first kappa shape index (κ1) is 12.1. The summed E-state index contributed by atoms with van der Waals surface area (Å²) >= 11 is 0. The topological polar surface area (TPSA) is 55.2 Å². The lowest BCUT2D eigenvalue weighted by Gasteiger charge is -2.11. The molecule has 0 bridgehead atoms. The summed E-state index contributed by atoms with van der Waals surface area (Å²) in [6.07, 6.45) is 5.25. The van der Waals surface area contributed by atoms with Gasteiger partial charge in [0.2, 0.25) is 5.88 Å². The number of aromatic nitrogens is 2. The number of aliphatic hydroxyl groups excluding tert-OH is 1. The van der Waals surface area contributed by atoms with Crippen molar-refractivity contribution in [3.63, 3.8) is 0 Å². The van der Waals surface area contributed by atoms with Crippen LogP contribution in [0.1, 0.15) is 23.2 Å². The molecule has 0 radical (unpaired) electrons. The Morgan fingerprint density at radius 1 is 1.16 bits per heavy atom. The number of aliphatic hydroxyl groups is 1. The minimum Gasteiger partial charge on any atom is -0.438 e. The van der Waals surface area contributed by atoms with Gasteiger partial charge in [-0.3, -0.25) is 0 Å². The standard InChI is InChI=1S/C15H16N2O2/c18-9-8-11-4-1-2-7-14(11)19-15-12-5-3-6-13(12)16-10-17-15/h1-2,4,7,10,18H,3,5-6,8-9H2. The number of benzene rings is 1. The van der Waals surface area contributed by atoms with Crippen LogP contribution in [0, 0.1) is 0 Å². The SMILES string of the molecule is OCCc1ccccc1Oc1ncnc2c1CCC2. The molecule has 0 fully saturated rings. The van der Waals surface area contributed by atoms with Gasteiger partial charge in [-0.25, -0.2) is 9.97 Å². The molecule has 1 N–H and O–H groups in total. The molecule has 2 aromatic rings. The number of fused-ring (bicyclic) bond motifs is 1. The predicted octanol–water partition coefficient (Wildman–Crippen LogP) is 2.29. The van der Waals surface area contributed by atoms with Crippen LogP contribution >= 0.6 is 0 Å². The largest absolute Gasteiger partial charge is 0.438 e. The molecule has 0 unspecified atom stereocenters. The van der Waals surface area contributed by atoms with E-state index < -0.39 is 0 Å². The van der Waals surface area contributed by atoms with E-state index >= 15 is 0 Å². The molecular weight excluding hydrogens is 240 g/mol. The van der Waals surface area contributed by atoms with Gasteiger partial charge in [0, 0.05) is 12.2 Å². The Balaban J connectivity index is 1.92. The summed E-state index contributed by atoms with van der Waals surface area (Å²) in [5.41, 5.74) is 3.22. The Hall–Kier alpha value is -1.94. The van der Waals surface area contributed by atoms with Crippen molar-refractivity contribution in [2.45, 2.75) is 25.7 Å². The van der Waals surface area contributed by atoms with Crippen molar-refractivity contribution in [1.29, 1.82) is 0 Å². The first-order valence-electron chi connectivity index (χ1n) is 6.58. The maximum absolute atomic E-state index is 9.08. The van der Waals surface area contributed by atoms with Crippen molar-refractivity contribution in [3.05, 3.63) is 47.4 Å². The third-order valence-corrected chi connectivity index (χ3v) is 3.40. The van der Waals surface area contributed by atoms with Crippen LogP contribution in [0.2, 0.25) is 0 Å². The fraction of sp³-hybridized carbons (Fsp3) is 0.333. The van der Waals surface area contributed by atoms with Crippen LogP contribution in [-0.4, -0.2) is 21.7 Å². The highest BCUT2D eigenvalue weighted by Crippen LogP contribution is 2.31. The maximum Gasteiger partial charge on any atom is 0.225 e. The Morgan fingerprint density at radius 3 is 2.95 bits per heavy atom. The van der Waals surface area contributed by atoms with Gasteiger partial charge in [0.05, 0.1) is 5.69 Å². The van der Waals surface area contributed by atoms with Crippen molar-refractivity contribution in [2.24, 2.45) is 0 Å². The third kappa shape index (κ3) is 2.44. The summed E-state index contributed by atoms with van der Waals surface area (Å²) in [6, 6.07) is 7.75. The third-order valence-electron chi connectivity index (χ3n) is 3.40. The van der Waals surface area contributed by atoms with Gasteiger partial charge in [0.1, 0.15) is 12.1 Å². The minimum absolute atomic E-state index is 0.113. The first-order valence-corrected chi connectivity index (χ1v) is 6.58. The zero-order valence-corrected chi connectivity index (χ0v) is 10.7. The maximum atomic E-state index is 9.08. The number of hydrogen-bond acceptors (Lipinski definition) is 4. The fourth-order valence-electron chi connectivity index (χ4n) is 2.45. The Labute approximate surface area is 112 Å². The molecule has 1 aromatic carbocycles. The normalized spacial score (nSPS) is 13.3. The van der Waals surface area contributed by atoms with Crippen molar-refractivity contribution >= 4 is 0 Å². The van der Waals surface area contributed by atoms with Crippen LogP contribution in [0.25, 0.3) is 0 Å². The molecule has 4 heteroatoms. The summed E-state index contributed by atoms with van der Waals surface area (Å²) in [4.78, 5) is 8.54. The molecule has 1 aromatic heterocycles. The average molecular weight is 256 g/mol. The molecule has 0 aliphatic heterocycles. The van der Waals surface area contributed by atoms with Crippen LogP contribution in [0.5, 0.6) is 11.6 Å². The molecule has 1 aliphatic carbocycles. The number of nitrogens with zero attached hydrogens (tertiary/aromatic N) is 2. The summed E-state index contributed by atoms with van der Waals surface area (Å²) in [5, 5.41) is 9.08. The minimum atomic E-state index is 0.113. The highest BCUT2D eigenvalue weighted by Gasteiger charge is 2.19. The van der Waals surface area contributed by atoms with Gasteiger partial charge in [-0.1, -0.05) is 18.2 Å². The molecule has 1 heterocycles. The van der Waals surface area contributed by atoms with Gasteiger partial charge in [-0.15, -0.1) is 0 Å². The van der Waals surface area contributed by atoms with Crippen LogP contribution in [0.3, 0.4) is 0 Å². The Kier molecular flexibility index (Phi) is 3.42. The van der Waals surface area contributed by atoms with E-state index in [0.717, 1.165) is 41.8 Å². The summed E-state index contributed by atoms with van der Waals surface area (Å²) in [5.74, 6) is 1.43. The van der Waals surface area contributed by atoms with Gasteiger partial charge in [0.15, 0.2) is 0 Å². The second-order valence-electron chi connectivity index (χ2n) is 4.64. The molecule has 0 saturated carbocycles. The van der Waals surface area contributed by atoms with E-state index in [1.165, 1.54) is 0 Å². The van der Waals surface area contributed by atoms with Crippen molar-refractivity contribution < 1.29 is 9.84 Å². The molecule has 98 valence electrons. The fourth-order valence-corrected chi connectivity index (χ4v) is 2.45. The van der Waals surface area contributed by atoms with Crippen LogP contribution in [-0.2, 0) is 19.3 Å². The quantitative estimate of drug-likeness (QED) is 0.912. The van der Waals surface area contributed by atoms with Crippen molar-refractivity contribution in [2.75, 3.05) is 6.61 Å². The van der Waals surface area contributed by atoms with Crippen LogP contribution < -0.4 is 4.74 Å². The molecule has 4 nitrogen and oxygen atoms in total.